The minimum atomic E-state index is -0.185. The molecule has 4 heteroatoms. The van der Waals surface area contributed by atoms with E-state index in [9.17, 15) is 4.79 Å². The van der Waals surface area contributed by atoms with Gasteiger partial charge in [-0.3, -0.25) is 4.79 Å². The first-order valence-electron chi connectivity index (χ1n) is 7.75. The summed E-state index contributed by atoms with van der Waals surface area (Å²) in [5.41, 5.74) is 3.83. The molecule has 2 aromatic carbocycles. The quantitative estimate of drug-likeness (QED) is 0.844. The first-order chi connectivity index (χ1) is 11.1. The van der Waals surface area contributed by atoms with Gasteiger partial charge in [-0.05, 0) is 44.0 Å². The van der Waals surface area contributed by atoms with Gasteiger partial charge in [0.05, 0.1) is 6.61 Å². The summed E-state index contributed by atoms with van der Waals surface area (Å²) in [6.07, 6.45) is 0. The van der Waals surface area contributed by atoms with Crippen molar-refractivity contribution in [3.8, 4) is 5.75 Å². The molecule has 0 spiro atoms. The van der Waals surface area contributed by atoms with Gasteiger partial charge in [-0.25, -0.2) is 0 Å². The molecule has 0 atom stereocenters. The van der Waals surface area contributed by atoms with E-state index < -0.39 is 0 Å². The van der Waals surface area contributed by atoms with E-state index in [0.717, 1.165) is 28.1 Å². The summed E-state index contributed by atoms with van der Waals surface area (Å²) in [5.74, 6) is 0.553. The van der Waals surface area contributed by atoms with Crippen LogP contribution in [0.15, 0.2) is 42.5 Å². The van der Waals surface area contributed by atoms with Gasteiger partial charge >= 0.3 is 0 Å². The average Bonchev–Trinajstić information content (AvgIpc) is 2.55. The Morgan fingerprint density at radius 3 is 2.70 bits per heavy atom. The Labute approximate surface area is 137 Å². The molecular formula is C19H23NO3. The third kappa shape index (κ3) is 5.11. The second kappa shape index (κ2) is 8.34. The number of aryl methyl sites for hydroxylation is 2. The highest BCUT2D eigenvalue weighted by Gasteiger charge is 2.08. The molecule has 2 rings (SSSR count). The van der Waals surface area contributed by atoms with Crippen molar-refractivity contribution in [3.63, 3.8) is 0 Å². The highest BCUT2D eigenvalue weighted by Crippen LogP contribution is 2.19. The number of carbonyl (C=O) groups excluding carboxylic acids is 1. The molecule has 0 bridgehead atoms. The first kappa shape index (κ1) is 17.0. The van der Waals surface area contributed by atoms with Crippen molar-refractivity contribution in [2.24, 2.45) is 0 Å². The number of hydrogen-bond donors (Lipinski definition) is 1. The third-order valence-electron chi connectivity index (χ3n) is 3.46. The summed E-state index contributed by atoms with van der Waals surface area (Å²) >= 11 is 0. The molecule has 0 fully saturated rings. The number of hydrogen-bond acceptors (Lipinski definition) is 3. The Hall–Kier alpha value is -2.33. The fourth-order valence-electron chi connectivity index (χ4n) is 2.17. The van der Waals surface area contributed by atoms with Gasteiger partial charge < -0.3 is 14.8 Å². The molecule has 0 heterocycles. The van der Waals surface area contributed by atoms with Gasteiger partial charge in [0.2, 0.25) is 0 Å². The number of para-hydroxylation sites is 1. The van der Waals surface area contributed by atoms with Crippen LogP contribution in [-0.4, -0.2) is 19.1 Å². The highest BCUT2D eigenvalue weighted by molar-refractivity contribution is 5.92. The molecule has 0 aliphatic heterocycles. The number of anilines is 1. The zero-order chi connectivity index (χ0) is 16.7. The highest BCUT2D eigenvalue weighted by atomic mass is 16.5. The van der Waals surface area contributed by atoms with E-state index >= 15 is 0 Å². The van der Waals surface area contributed by atoms with Crippen LogP contribution in [0, 0.1) is 13.8 Å². The van der Waals surface area contributed by atoms with Crippen molar-refractivity contribution in [2.45, 2.75) is 27.4 Å². The molecule has 4 nitrogen and oxygen atoms in total. The Balaban J connectivity index is 1.96. The van der Waals surface area contributed by atoms with Gasteiger partial charge in [-0.1, -0.05) is 30.3 Å². The van der Waals surface area contributed by atoms with E-state index in [1.165, 1.54) is 0 Å². The standard InChI is InChI=1S/C19H23NO3/c1-4-22-12-16-7-5-6-8-17(16)20-19(21)13-23-18-11-14(2)9-10-15(18)3/h5-11H,4,12-13H2,1-3H3,(H,20,21). The fourth-order valence-corrected chi connectivity index (χ4v) is 2.17. The molecule has 23 heavy (non-hydrogen) atoms. The third-order valence-corrected chi connectivity index (χ3v) is 3.46. The summed E-state index contributed by atoms with van der Waals surface area (Å²) in [7, 11) is 0. The Kier molecular flexibility index (Phi) is 6.18. The predicted molar refractivity (Wildman–Crippen MR) is 91.8 cm³/mol. The summed E-state index contributed by atoms with van der Waals surface area (Å²) < 4.78 is 11.0. The maximum Gasteiger partial charge on any atom is 0.262 e. The molecule has 1 amide bonds. The lowest BCUT2D eigenvalue weighted by Crippen LogP contribution is -2.21. The van der Waals surface area contributed by atoms with Crippen molar-refractivity contribution in [1.29, 1.82) is 0 Å². The molecule has 0 unspecified atom stereocenters. The molecule has 0 aliphatic carbocycles. The second-order valence-electron chi connectivity index (χ2n) is 5.40. The minimum absolute atomic E-state index is 0.0206. The van der Waals surface area contributed by atoms with Crippen molar-refractivity contribution < 1.29 is 14.3 Å². The molecule has 0 aliphatic rings. The maximum absolute atomic E-state index is 12.1. The average molecular weight is 313 g/mol. The number of nitrogens with one attached hydrogen (secondary N) is 1. The lowest BCUT2D eigenvalue weighted by atomic mass is 10.1. The lowest BCUT2D eigenvalue weighted by molar-refractivity contribution is -0.118. The maximum atomic E-state index is 12.1. The van der Waals surface area contributed by atoms with E-state index in [1.807, 2.05) is 63.2 Å². The zero-order valence-corrected chi connectivity index (χ0v) is 13.9. The summed E-state index contributed by atoms with van der Waals surface area (Å²) in [5, 5.41) is 2.88. The predicted octanol–water partition coefficient (Wildman–Crippen LogP) is 3.86. The minimum Gasteiger partial charge on any atom is -0.483 e. The lowest BCUT2D eigenvalue weighted by Gasteiger charge is -2.13. The Morgan fingerprint density at radius 2 is 1.91 bits per heavy atom. The molecule has 2 aromatic rings. The van der Waals surface area contributed by atoms with Gasteiger partial charge in [0.1, 0.15) is 5.75 Å². The second-order valence-corrected chi connectivity index (χ2v) is 5.40. The topological polar surface area (TPSA) is 47.6 Å². The van der Waals surface area contributed by atoms with Gasteiger partial charge in [-0.2, -0.15) is 0 Å². The van der Waals surface area contributed by atoms with E-state index in [2.05, 4.69) is 5.32 Å². The normalized spacial score (nSPS) is 10.4. The molecule has 0 saturated carbocycles. The smallest absolute Gasteiger partial charge is 0.262 e. The van der Waals surface area contributed by atoms with Crippen LogP contribution in [-0.2, 0) is 16.1 Å². The molecule has 122 valence electrons. The van der Waals surface area contributed by atoms with E-state index in [1.54, 1.807) is 0 Å². The molecule has 0 aromatic heterocycles. The first-order valence-corrected chi connectivity index (χ1v) is 7.75. The van der Waals surface area contributed by atoms with Gasteiger partial charge in [0, 0.05) is 17.9 Å². The number of benzene rings is 2. The Morgan fingerprint density at radius 1 is 1.13 bits per heavy atom. The van der Waals surface area contributed by atoms with Gasteiger partial charge in [-0.15, -0.1) is 0 Å². The number of amides is 1. The van der Waals surface area contributed by atoms with Crippen LogP contribution < -0.4 is 10.1 Å². The van der Waals surface area contributed by atoms with Crippen LogP contribution in [0.25, 0.3) is 0 Å². The van der Waals surface area contributed by atoms with Crippen LogP contribution in [0.2, 0.25) is 0 Å². The van der Waals surface area contributed by atoms with Crippen molar-refractivity contribution in [3.05, 3.63) is 59.2 Å². The molecule has 0 saturated heterocycles. The van der Waals surface area contributed by atoms with Crippen LogP contribution in [0.1, 0.15) is 23.6 Å². The number of ether oxygens (including phenoxy) is 2. The molecular weight excluding hydrogens is 290 g/mol. The van der Waals surface area contributed by atoms with Gasteiger partial charge in [0.25, 0.3) is 5.91 Å². The molecule has 1 N–H and O–H groups in total. The van der Waals surface area contributed by atoms with Crippen molar-refractivity contribution in [1.82, 2.24) is 0 Å². The Bertz CT molecular complexity index is 667. The van der Waals surface area contributed by atoms with Crippen molar-refractivity contribution >= 4 is 11.6 Å². The van der Waals surface area contributed by atoms with Crippen LogP contribution in [0.5, 0.6) is 5.75 Å². The van der Waals surface area contributed by atoms with E-state index in [4.69, 9.17) is 9.47 Å². The summed E-state index contributed by atoms with van der Waals surface area (Å²) in [6, 6.07) is 13.6. The van der Waals surface area contributed by atoms with Crippen LogP contribution in [0.3, 0.4) is 0 Å². The van der Waals surface area contributed by atoms with Crippen LogP contribution >= 0.6 is 0 Å². The largest absolute Gasteiger partial charge is 0.483 e. The van der Waals surface area contributed by atoms with Crippen molar-refractivity contribution in [2.75, 3.05) is 18.5 Å². The zero-order valence-electron chi connectivity index (χ0n) is 13.9. The summed E-state index contributed by atoms with van der Waals surface area (Å²) in [6.45, 7) is 7.00. The fraction of sp³-hybridized carbons (Fsp3) is 0.316. The monoisotopic (exact) mass is 313 g/mol. The summed E-state index contributed by atoms with van der Waals surface area (Å²) in [4.78, 5) is 12.1. The SMILES string of the molecule is CCOCc1ccccc1NC(=O)COc1cc(C)ccc1C. The molecule has 0 radical (unpaired) electrons. The van der Waals surface area contributed by atoms with Gasteiger partial charge in [0.15, 0.2) is 6.61 Å². The van der Waals surface area contributed by atoms with E-state index in [0.29, 0.717) is 13.2 Å². The number of rotatable bonds is 7. The number of carbonyl (C=O) groups is 1. The van der Waals surface area contributed by atoms with E-state index in [-0.39, 0.29) is 12.5 Å². The van der Waals surface area contributed by atoms with Crippen LogP contribution in [0.4, 0.5) is 5.69 Å².